The fourth-order valence-electron chi connectivity index (χ4n) is 3.02. The Hall–Kier alpha value is -2.08. The lowest BCUT2D eigenvalue weighted by atomic mass is 9.92. The standard InChI is InChI=1S/C21H23NO/c1-21(2,23)14-12-20-19-11-7-6-10-18(19)13-15-22(20)16-17-8-4-3-5-9-17/h3-11,20,23H,13,15-16H2,1-2H3/t20-/m0/s1. The van der Waals surface area contributed by atoms with Gasteiger partial charge in [0.15, 0.2) is 0 Å². The summed E-state index contributed by atoms with van der Waals surface area (Å²) >= 11 is 0. The first kappa shape index (κ1) is 15.8. The van der Waals surface area contributed by atoms with Crippen LogP contribution in [-0.4, -0.2) is 22.2 Å². The van der Waals surface area contributed by atoms with Gasteiger partial charge in [-0.3, -0.25) is 4.90 Å². The van der Waals surface area contributed by atoms with E-state index in [1.165, 1.54) is 16.7 Å². The van der Waals surface area contributed by atoms with Crippen LogP contribution in [0.5, 0.6) is 0 Å². The summed E-state index contributed by atoms with van der Waals surface area (Å²) in [6, 6.07) is 19.0. The summed E-state index contributed by atoms with van der Waals surface area (Å²) in [4.78, 5) is 2.40. The zero-order valence-corrected chi connectivity index (χ0v) is 13.8. The molecule has 2 heteroatoms. The monoisotopic (exact) mass is 305 g/mol. The highest BCUT2D eigenvalue weighted by molar-refractivity contribution is 5.38. The van der Waals surface area contributed by atoms with Crippen LogP contribution in [0.1, 0.15) is 36.6 Å². The first-order chi connectivity index (χ1) is 11.0. The van der Waals surface area contributed by atoms with Crippen LogP contribution in [0.2, 0.25) is 0 Å². The van der Waals surface area contributed by atoms with Crippen LogP contribution < -0.4 is 0 Å². The second-order valence-electron chi connectivity index (χ2n) is 6.64. The quantitative estimate of drug-likeness (QED) is 0.858. The van der Waals surface area contributed by atoms with Crippen molar-refractivity contribution in [3.63, 3.8) is 0 Å². The molecule has 1 heterocycles. The molecule has 0 bridgehead atoms. The molecule has 0 aliphatic carbocycles. The summed E-state index contributed by atoms with van der Waals surface area (Å²) in [6.07, 6.45) is 1.05. The molecule has 118 valence electrons. The van der Waals surface area contributed by atoms with E-state index < -0.39 is 5.60 Å². The number of fused-ring (bicyclic) bond motifs is 1. The Kier molecular flexibility index (Phi) is 4.52. The molecule has 1 aliphatic heterocycles. The van der Waals surface area contributed by atoms with Gasteiger partial charge in [-0.2, -0.15) is 0 Å². The maximum atomic E-state index is 9.98. The van der Waals surface area contributed by atoms with Crippen LogP contribution in [-0.2, 0) is 13.0 Å². The van der Waals surface area contributed by atoms with E-state index in [0.717, 1.165) is 19.5 Å². The van der Waals surface area contributed by atoms with Crippen molar-refractivity contribution in [3.8, 4) is 11.8 Å². The lowest BCUT2D eigenvalue weighted by molar-refractivity contribution is 0.142. The van der Waals surface area contributed by atoms with E-state index in [2.05, 4.69) is 65.3 Å². The fraction of sp³-hybridized carbons (Fsp3) is 0.333. The number of benzene rings is 2. The van der Waals surface area contributed by atoms with E-state index in [0.29, 0.717) is 0 Å². The number of nitrogens with zero attached hydrogens (tertiary/aromatic N) is 1. The molecule has 1 atom stereocenters. The molecule has 0 saturated heterocycles. The average Bonchev–Trinajstić information content (AvgIpc) is 2.54. The molecule has 0 aromatic heterocycles. The molecule has 3 rings (SSSR count). The summed E-state index contributed by atoms with van der Waals surface area (Å²) in [5.74, 6) is 6.33. The van der Waals surface area contributed by atoms with Crippen molar-refractivity contribution in [1.29, 1.82) is 0 Å². The topological polar surface area (TPSA) is 23.5 Å². The molecule has 2 aromatic rings. The highest BCUT2D eigenvalue weighted by atomic mass is 16.3. The molecule has 1 aliphatic rings. The minimum Gasteiger partial charge on any atom is -0.378 e. The maximum Gasteiger partial charge on any atom is 0.120 e. The molecule has 0 amide bonds. The van der Waals surface area contributed by atoms with Gasteiger partial charge >= 0.3 is 0 Å². The van der Waals surface area contributed by atoms with Gasteiger partial charge in [-0.25, -0.2) is 0 Å². The zero-order valence-electron chi connectivity index (χ0n) is 13.8. The minimum atomic E-state index is -0.967. The second kappa shape index (κ2) is 6.58. The van der Waals surface area contributed by atoms with Crippen molar-refractivity contribution < 1.29 is 5.11 Å². The van der Waals surface area contributed by atoms with Crippen molar-refractivity contribution in [2.75, 3.05) is 6.54 Å². The van der Waals surface area contributed by atoms with Crippen LogP contribution in [0.4, 0.5) is 0 Å². The van der Waals surface area contributed by atoms with E-state index in [1.807, 2.05) is 6.07 Å². The predicted molar refractivity (Wildman–Crippen MR) is 93.8 cm³/mol. The first-order valence-electron chi connectivity index (χ1n) is 8.14. The normalized spacial score (nSPS) is 18.0. The molecule has 0 saturated carbocycles. The molecule has 2 aromatic carbocycles. The smallest absolute Gasteiger partial charge is 0.120 e. The highest BCUT2D eigenvalue weighted by Crippen LogP contribution is 2.30. The number of rotatable bonds is 2. The Labute approximate surface area is 138 Å². The predicted octanol–water partition coefficient (Wildman–Crippen LogP) is 3.56. The molecule has 0 spiro atoms. The van der Waals surface area contributed by atoms with Crippen molar-refractivity contribution in [1.82, 2.24) is 4.90 Å². The molecule has 1 N–H and O–H groups in total. The Morgan fingerprint density at radius 2 is 1.78 bits per heavy atom. The first-order valence-corrected chi connectivity index (χ1v) is 8.14. The van der Waals surface area contributed by atoms with E-state index in [-0.39, 0.29) is 6.04 Å². The number of hydrogen-bond acceptors (Lipinski definition) is 2. The van der Waals surface area contributed by atoms with E-state index in [1.54, 1.807) is 13.8 Å². The van der Waals surface area contributed by atoms with Gasteiger partial charge in [-0.05, 0) is 37.0 Å². The summed E-state index contributed by atoms with van der Waals surface area (Å²) in [7, 11) is 0. The van der Waals surface area contributed by atoms with Gasteiger partial charge < -0.3 is 5.11 Å². The van der Waals surface area contributed by atoms with Crippen LogP contribution >= 0.6 is 0 Å². The average molecular weight is 305 g/mol. The summed E-state index contributed by atoms with van der Waals surface area (Å²) in [6.45, 7) is 5.32. The minimum absolute atomic E-state index is 0.0339. The van der Waals surface area contributed by atoms with Crippen LogP contribution in [0, 0.1) is 11.8 Å². The molecular formula is C21H23NO. The van der Waals surface area contributed by atoms with E-state index >= 15 is 0 Å². The molecule has 0 radical (unpaired) electrons. The Morgan fingerprint density at radius 1 is 1.09 bits per heavy atom. The lowest BCUT2D eigenvalue weighted by Gasteiger charge is -2.34. The third-order valence-electron chi connectivity index (χ3n) is 4.13. The zero-order chi connectivity index (χ0) is 16.3. The fourth-order valence-corrected chi connectivity index (χ4v) is 3.02. The lowest BCUT2D eigenvalue weighted by Crippen LogP contribution is -2.34. The van der Waals surface area contributed by atoms with Crippen molar-refractivity contribution in [3.05, 3.63) is 71.3 Å². The largest absolute Gasteiger partial charge is 0.378 e. The van der Waals surface area contributed by atoms with Crippen LogP contribution in [0.25, 0.3) is 0 Å². The second-order valence-corrected chi connectivity index (χ2v) is 6.64. The van der Waals surface area contributed by atoms with Crippen molar-refractivity contribution in [2.45, 2.75) is 38.5 Å². The third kappa shape index (κ3) is 4.01. The molecule has 23 heavy (non-hydrogen) atoms. The van der Waals surface area contributed by atoms with Gasteiger partial charge in [0.1, 0.15) is 5.60 Å². The molecular weight excluding hydrogens is 282 g/mol. The van der Waals surface area contributed by atoms with Crippen LogP contribution in [0.15, 0.2) is 54.6 Å². The highest BCUT2D eigenvalue weighted by Gasteiger charge is 2.26. The van der Waals surface area contributed by atoms with Gasteiger partial charge in [-0.1, -0.05) is 66.4 Å². The van der Waals surface area contributed by atoms with E-state index in [9.17, 15) is 5.11 Å². The Morgan fingerprint density at radius 3 is 2.52 bits per heavy atom. The van der Waals surface area contributed by atoms with Gasteiger partial charge in [0.25, 0.3) is 0 Å². The Balaban J connectivity index is 1.93. The van der Waals surface area contributed by atoms with Gasteiger partial charge in [-0.15, -0.1) is 0 Å². The summed E-state index contributed by atoms with van der Waals surface area (Å²) < 4.78 is 0. The third-order valence-corrected chi connectivity index (χ3v) is 4.13. The van der Waals surface area contributed by atoms with Crippen molar-refractivity contribution >= 4 is 0 Å². The number of hydrogen-bond donors (Lipinski definition) is 1. The summed E-state index contributed by atoms with van der Waals surface area (Å²) in [5.41, 5.74) is 2.96. The molecule has 0 fully saturated rings. The molecule has 0 unspecified atom stereocenters. The van der Waals surface area contributed by atoms with Crippen molar-refractivity contribution in [2.24, 2.45) is 0 Å². The van der Waals surface area contributed by atoms with Gasteiger partial charge in [0, 0.05) is 13.1 Å². The summed E-state index contributed by atoms with van der Waals surface area (Å²) in [5, 5.41) is 9.98. The van der Waals surface area contributed by atoms with E-state index in [4.69, 9.17) is 0 Å². The Bertz CT molecular complexity index is 719. The van der Waals surface area contributed by atoms with Gasteiger partial charge in [0.05, 0.1) is 6.04 Å². The maximum absolute atomic E-state index is 9.98. The SMILES string of the molecule is CC(C)(O)C#C[C@H]1c2ccccc2CCN1Cc1ccccc1. The number of aliphatic hydroxyl groups is 1. The molecule has 2 nitrogen and oxygen atoms in total. The van der Waals surface area contributed by atoms with Crippen LogP contribution in [0.3, 0.4) is 0 Å². The van der Waals surface area contributed by atoms with Gasteiger partial charge in [0.2, 0.25) is 0 Å².